The largest absolute Gasteiger partial charge is 0.444 e. The second kappa shape index (κ2) is 11.0. The maximum Gasteiger partial charge on any atom is 0.410 e. The summed E-state index contributed by atoms with van der Waals surface area (Å²) in [7, 11) is 0. The molecule has 162 valence electrons. The maximum absolute atomic E-state index is 12.7. The molecule has 1 aliphatic heterocycles. The van der Waals surface area contributed by atoms with Crippen molar-refractivity contribution < 1.29 is 19.1 Å². The molecule has 1 saturated carbocycles. The Balaban J connectivity index is 1.70. The minimum absolute atomic E-state index is 0.0924. The number of carbonyl (C=O) groups is 2. The van der Waals surface area contributed by atoms with Gasteiger partial charge in [-0.2, -0.15) is 0 Å². The zero-order valence-electron chi connectivity index (χ0n) is 18.2. The summed E-state index contributed by atoms with van der Waals surface area (Å²) < 4.78 is 11.1. The number of piperazine rings is 1. The minimum Gasteiger partial charge on any atom is -0.444 e. The van der Waals surface area contributed by atoms with Crippen LogP contribution in [0, 0.1) is 5.92 Å². The van der Waals surface area contributed by atoms with E-state index in [2.05, 4.69) is 17.1 Å². The Morgan fingerprint density at radius 2 is 1.82 bits per heavy atom. The van der Waals surface area contributed by atoms with Gasteiger partial charge in [0, 0.05) is 45.9 Å². The molecule has 2 rings (SSSR count). The van der Waals surface area contributed by atoms with E-state index in [9.17, 15) is 9.59 Å². The molecule has 1 heterocycles. The normalized spacial score (nSPS) is 19.4. The molecule has 0 spiro atoms. The van der Waals surface area contributed by atoms with Crippen LogP contribution >= 0.6 is 0 Å². The second-order valence-corrected chi connectivity index (χ2v) is 8.97. The van der Waals surface area contributed by atoms with Gasteiger partial charge in [-0.25, -0.2) is 4.79 Å². The average Bonchev–Trinajstić information content (AvgIpc) is 3.45. The van der Waals surface area contributed by atoms with Gasteiger partial charge in [-0.15, -0.1) is 0 Å². The Kier molecular flexibility index (Phi) is 9.02. The van der Waals surface area contributed by atoms with Gasteiger partial charge in [0.05, 0.1) is 6.04 Å². The molecule has 7 heteroatoms. The summed E-state index contributed by atoms with van der Waals surface area (Å²) >= 11 is 0. The molecule has 1 atom stereocenters. The lowest BCUT2D eigenvalue weighted by molar-refractivity contribution is -0.127. The topological polar surface area (TPSA) is 71.1 Å². The Morgan fingerprint density at radius 3 is 2.39 bits per heavy atom. The highest BCUT2D eigenvalue weighted by atomic mass is 16.6. The predicted molar refractivity (Wildman–Crippen MR) is 109 cm³/mol. The van der Waals surface area contributed by atoms with Crippen LogP contribution in [-0.2, 0) is 14.3 Å². The summed E-state index contributed by atoms with van der Waals surface area (Å²) in [5.41, 5.74) is -0.485. The van der Waals surface area contributed by atoms with Crippen LogP contribution in [0.4, 0.5) is 4.79 Å². The van der Waals surface area contributed by atoms with Crippen molar-refractivity contribution in [3.05, 3.63) is 0 Å². The molecule has 2 fully saturated rings. The minimum atomic E-state index is -0.485. The molecule has 2 amide bonds. The average molecular weight is 398 g/mol. The molecule has 0 aromatic rings. The quantitative estimate of drug-likeness (QED) is 0.574. The van der Waals surface area contributed by atoms with Crippen molar-refractivity contribution in [1.29, 1.82) is 0 Å². The summed E-state index contributed by atoms with van der Waals surface area (Å²) in [4.78, 5) is 28.8. The van der Waals surface area contributed by atoms with Gasteiger partial charge in [-0.05, 0) is 52.4 Å². The molecule has 1 aliphatic carbocycles. The van der Waals surface area contributed by atoms with Crippen molar-refractivity contribution >= 4 is 12.0 Å². The third-order valence-corrected chi connectivity index (χ3v) is 5.09. The highest BCUT2D eigenvalue weighted by Gasteiger charge is 2.31. The fourth-order valence-electron chi connectivity index (χ4n) is 3.33. The van der Waals surface area contributed by atoms with Crippen LogP contribution in [0.2, 0.25) is 0 Å². The molecule has 1 saturated heterocycles. The van der Waals surface area contributed by atoms with E-state index in [1.807, 2.05) is 20.8 Å². The first kappa shape index (κ1) is 22.9. The molecule has 0 aromatic heterocycles. The first-order valence-corrected chi connectivity index (χ1v) is 10.9. The Bertz CT molecular complexity index is 494. The van der Waals surface area contributed by atoms with E-state index in [0.29, 0.717) is 39.3 Å². The van der Waals surface area contributed by atoms with Gasteiger partial charge in [0.1, 0.15) is 5.60 Å². The van der Waals surface area contributed by atoms with Crippen molar-refractivity contribution in [2.75, 3.05) is 45.9 Å². The summed E-state index contributed by atoms with van der Waals surface area (Å²) in [5, 5.41) is 3.07. The van der Waals surface area contributed by atoms with E-state index in [1.165, 1.54) is 12.8 Å². The third-order valence-electron chi connectivity index (χ3n) is 5.09. The third kappa shape index (κ3) is 8.35. The summed E-state index contributed by atoms with van der Waals surface area (Å²) in [6.45, 7) is 12.5. The molecule has 1 N–H and O–H groups in total. The molecule has 2 aliphatic rings. The molecule has 0 radical (unpaired) electrons. The van der Waals surface area contributed by atoms with Crippen LogP contribution in [0.3, 0.4) is 0 Å². The molecule has 0 aromatic carbocycles. The Hall–Kier alpha value is -1.34. The van der Waals surface area contributed by atoms with Crippen LogP contribution in [0.5, 0.6) is 0 Å². The highest BCUT2D eigenvalue weighted by molar-refractivity contribution is 5.81. The van der Waals surface area contributed by atoms with Crippen LogP contribution in [0.15, 0.2) is 0 Å². The fraction of sp³-hybridized carbons (Fsp3) is 0.905. The number of nitrogens with one attached hydrogen (secondary N) is 1. The van der Waals surface area contributed by atoms with E-state index in [0.717, 1.165) is 31.8 Å². The van der Waals surface area contributed by atoms with Crippen molar-refractivity contribution in [3.8, 4) is 0 Å². The summed E-state index contributed by atoms with van der Waals surface area (Å²) in [6.07, 6.45) is 4.97. The van der Waals surface area contributed by atoms with Gasteiger partial charge in [-0.1, -0.05) is 13.3 Å². The number of rotatable bonds is 10. The number of amides is 2. The van der Waals surface area contributed by atoms with Gasteiger partial charge < -0.3 is 19.7 Å². The van der Waals surface area contributed by atoms with Crippen molar-refractivity contribution in [2.45, 2.75) is 71.4 Å². The van der Waals surface area contributed by atoms with Crippen molar-refractivity contribution in [3.63, 3.8) is 0 Å². The SMILES string of the molecule is CCCC(C(=O)NCCCOCC1CC1)N1CCN(C(=O)OC(C)(C)C)CC1. The zero-order valence-corrected chi connectivity index (χ0v) is 18.2. The molecular formula is C21H39N3O4. The lowest BCUT2D eigenvalue weighted by Crippen LogP contribution is -2.56. The van der Waals surface area contributed by atoms with Gasteiger partial charge in [0.2, 0.25) is 5.91 Å². The number of nitrogens with zero attached hydrogens (tertiary/aromatic N) is 2. The zero-order chi connectivity index (χ0) is 20.6. The summed E-state index contributed by atoms with van der Waals surface area (Å²) in [5.74, 6) is 0.873. The van der Waals surface area contributed by atoms with Crippen LogP contribution < -0.4 is 5.32 Å². The van der Waals surface area contributed by atoms with Crippen molar-refractivity contribution in [1.82, 2.24) is 15.1 Å². The van der Waals surface area contributed by atoms with Gasteiger partial charge in [-0.3, -0.25) is 9.69 Å². The van der Waals surface area contributed by atoms with Gasteiger partial charge >= 0.3 is 6.09 Å². The lowest BCUT2D eigenvalue weighted by atomic mass is 10.1. The molecule has 7 nitrogen and oxygen atoms in total. The predicted octanol–water partition coefficient (Wildman–Crippen LogP) is 2.64. The van der Waals surface area contributed by atoms with Gasteiger partial charge in [0.15, 0.2) is 0 Å². The molecule has 1 unspecified atom stereocenters. The van der Waals surface area contributed by atoms with E-state index < -0.39 is 5.60 Å². The molecule has 28 heavy (non-hydrogen) atoms. The standard InChI is InChI=1S/C21H39N3O4/c1-5-7-18(19(25)22-10-6-15-27-16-17-8-9-17)23-11-13-24(14-12-23)20(26)28-21(2,3)4/h17-18H,5-16H2,1-4H3,(H,22,25). The van der Waals surface area contributed by atoms with E-state index in [-0.39, 0.29) is 18.0 Å². The first-order valence-electron chi connectivity index (χ1n) is 10.9. The number of hydrogen-bond acceptors (Lipinski definition) is 5. The monoisotopic (exact) mass is 397 g/mol. The number of hydrogen-bond donors (Lipinski definition) is 1. The van der Waals surface area contributed by atoms with E-state index >= 15 is 0 Å². The van der Waals surface area contributed by atoms with Gasteiger partial charge in [0.25, 0.3) is 0 Å². The highest BCUT2D eigenvalue weighted by Crippen LogP contribution is 2.28. The number of carbonyl (C=O) groups excluding carboxylic acids is 2. The van der Waals surface area contributed by atoms with Crippen molar-refractivity contribution in [2.24, 2.45) is 5.92 Å². The lowest BCUT2D eigenvalue weighted by Gasteiger charge is -2.39. The maximum atomic E-state index is 12.7. The Labute approximate surface area is 170 Å². The molecular weight excluding hydrogens is 358 g/mol. The van der Waals surface area contributed by atoms with E-state index in [1.54, 1.807) is 4.90 Å². The first-order chi connectivity index (χ1) is 13.3. The van der Waals surface area contributed by atoms with Crippen LogP contribution in [-0.4, -0.2) is 79.4 Å². The second-order valence-electron chi connectivity index (χ2n) is 8.97. The van der Waals surface area contributed by atoms with Crippen LogP contribution in [0.25, 0.3) is 0 Å². The smallest absolute Gasteiger partial charge is 0.410 e. The van der Waals surface area contributed by atoms with Crippen LogP contribution in [0.1, 0.15) is 59.8 Å². The Morgan fingerprint density at radius 1 is 1.14 bits per heavy atom. The summed E-state index contributed by atoms with van der Waals surface area (Å²) in [6, 6.07) is -0.127. The van der Waals surface area contributed by atoms with E-state index in [4.69, 9.17) is 9.47 Å². The fourth-order valence-corrected chi connectivity index (χ4v) is 3.33. The number of ether oxygens (including phenoxy) is 2. The molecule has 0 bridgehead atoms.